The molecule has 0 radical (unpaired) electrons. The second-order valence-electron chi connectivity index (χ2n) is 5.34. The molecular formula is C19H20N2S. The first-order chi connectivity index (χ1) is 10.8. The highest BCUT2D eigenvalue weighted by molar-refractivity contribution is 7.09. The van der Waals surface area contributed by atoms with E-state index in [-0.39, 0.29) is 6.04 Å². The van der Waals surface area contributed by atoms with E-state index in [4.69, 9.17) is 0 Å². The van der Waals surface area contributed by atoms with Crippen molar-refractivity contribution in [3.05, 3.63) is 87.9 Å². The fourth-order valence-corrected chi connectivity index (χ4v) is 3.34. The average Bonchev–Trinajstić information content (AvgIpc) is 2.99. The summed E-state index contributed by atoms with van der Waals surface area (Å²) >= 11 is 1.74. The van der Waals surface area contributed by atoms with Crippen molar-refractivity contribution in [2.75, 3.05) is 6.54 Å². The second-order valence-corrected chi connectivity index (χ2v) is 6.28. The number of nitrogens with zero attached hydrogens (tertiary/aromatic N) is 1. The van der Waals surface area contributed by atoms with Crippen LogP contribution in [0.4, 0.5) is 0 Å². The molecule has 22 heavy (non-hydrogen) atoms. The highest BCUT2D eigenvalue weighted by Gasteiger charge is 2.12. The summed E-state index contributed by atoms with van der Waals surface area (Å²) in [6.07, 6.45) is 0.967. The molecule has 3 heteroatoms. The molecule has 0 saturated carbocycles. The summed E-state index contributed by atoms with van der Waals surface area (Å²) < 4.78 is 0. The van der Waals surface area contributed by atoms with Crippen molar-refractivity contribution in [1.82, 2.24) is 10.3 Å². The van der Waals surface area contributed by atoms with Crippen molar-refractivity contribution in [2.45, 2.75) is 19.4 Å². The van der Waals surface area contributed by atoms with Crippen LogP contribution < -0.4 is 5.32 Å². The Hall–Kier alpha value is -1.97. The Kier molecular flexibility index (Phi) is 4.99. The van der Waals surface area contributed by atoms with E-state index >= 15 is 0 Å². The number of aromatic nitrogens is 1. The number of rotatable bonds is 6. The number of aryl methyl sites for hydroxylation is 1. The molecule has 2 nitrogen and oxygen atoms in total. The zero-order valence-corrected chi connectivity index (χ0v) is 13.5. The summed E-state index contributed by atoms with van der Waals surface area (Å²) in [5, 5.41) is 6.99. The summed E-state index contributed by atoms with van der Waals surface area (Å²) in [7, 11) is 0. The standard InChI is InChI=1S/C19H20N2S/c1-15-14-22-18(21-15)12-13-20-19(16-8-4-2-5-9-16)17-10-6-3-7-11-17/h2-11,14,19-20H,12-13H2,1H3. The zero-order valence-electron chi connectivity index (χ0n) is 12.7. The Morgan fingerprint density at radius 3 is 2.05 bits per heavy atom. The minimum Gasteiger partial charge on any atom is -0.306 e. The van der Waals surface area contributed by atoms with Crippen molar-refractivity contribution in [1.29, 1.82) is 0 Å². The lowest BCUT2D eigenvalue weighted by Gasteiger charge is -2.19. The smallest absolute Gasteiger partial charge is 0.0940 e. The van der Waals surface area contributed by atoms with Gasteiger partial charge in [-0.15, -0.1) is 11.3 Å². The van der Waals surface area contributed by atoms with Crippen LogP contribution in [0.5, 0.6) is 0 Å². The predicted molar refractivity (Wildman–Crippen MR) is 93.3 cm³/mol. The number of thiazole rings is 1. The molecule has 3 rings (SSSR count). The van der Waals surface area contributed by atoms with Crippen LogP contribution >= 0.6 is 11.3 Å². The summed E-state index contributed by atoms with van der Waals surface area (Å²) in [5.74, 6) is 0. The Labute approximate surface area is 135 Å². The van der Waals surface area contributed by atoms with Crippen LogP contribution in [0.3, 0.4) is 0 Å². The first-order valence-electron chi connectivity index (χ1n) is 7.57. The molecule has 0 fully saturated rings. The van der Waals surface area contributed by atoms with Gasteiger partial charge in [-0.25, -0.2) is 4.98 Å². The number of hydrogen-bond acceptors (Lipinski definition) is 3. The van der Waals surface area contributed by atoms with Crippen molar-refractivity contribution < 1.29 is 0 Å². The van der Waals surface area contributed by atoms with Gasteiger partial charge in [-0.2, -0.15) is 0 Å². The normalized spacial score (nSPS) is 11.0. The highest BCUT2D eigenvalue weighted by Crippen LogP contribution is 2.21. The maximum absolute atomic E-state index is 4.53. The van der Waals surface area contributed by atoms with Crippen LogP contribution in [-0.2, 0) is 6.42 Å². The average molecular weight is 308 g/mol. The summed E-state index contributed by atoms with van der Waals surface area (Å²) in [5.41, 5.74) is 3.70. The molecule has 1 heterocycles. The van der Waals surface area contributed by atoms with E-state index in [1.54, 1.807) is 11.3 Å². The van der Waals surface area contributed by atoms with Crippen LogP contribution in [0.1, 0.15) is 27.9 Å². The van der Waals surface area contributed by atoms with Gasteiger partial charge in [-0.1, -0.05) is 60.7 Å². The number of nitrogens with one attached hydrogen (secondary N) is 1. The third kappa shape index (κ3) is 3.81. The molecule has 3 aromatic rings. The van der Waals surface area contributed by atoms with Crippen molar-refractivity contribution in [3.8, 4) is 0 Å². The van der Waals surface area contributed by atoms with Gasteiger partial charge in [0, 0.05) is 24.0 Å². The lowest BCUT2D eigenvalue weighted by molar-refractivity contribution is 0.605. The molecule has 0 spiro atoms. The molecule has 1 N–H and O–H groups in total. The van der Waals surface area contributed by atoms with Gasteiger partial charge in [0.05, 0.1) is 11.0 Å². The lowest BCUT2D eigenvalue weighted by atomic mass is 9.99. The van der Waals surface area contributed by atoms with E-state index in [1.165, 1.54) is 16.1 Å². The van der Waals surface area contributed by atoms with E-state index in [2.05, 4.69) is 76.3 Å². The summed E-state index contributed by atoms with van der Waals surface area (Å²) in [6, 6.07) is 21.4. The molecule has 0 aliphatic heterocycles. The molecule has 1 aromatic heterocycles. The molecule has 0 saturated heterocycles. The van der Waals surface area contributed by atoms with Crippen molar-refractivity contribution in [3.63, 3.8) is 0 Å². The Balaban J connectivity index is 1.72. The Bertz CT molecular complexity index is 652. The largest absolute Gasteiger partial charge is 0.306 e. The minimum atomic E-state index is 0.225. The van der Waals surface area contributed by atoms with Gasteiger partial charge in [0.15, 0.2) is 0 Å². The molecule has 112 valence electrons. The van der Waals surface area contributed by atoms with Crippen LogP contribution in [0, 0.1) is 6.92 Å². The van der Waals surface area contributed by atoms with Gasteiger partial charge in [-0.3, -0.25) is 0 Å². The quantitative estimate of drug-likeness (QED) is 0.731. The monoisotopic (exact) mass is 308 g/mol. The Morgan fingerprint density at radius 1 is 0.955 bits per heavy atom. The molecule has 0 aliphatic rings. The molecule has 0 unspecified atom stereocenters. The first-order valence-corrected chi connectivity index (χ1v) is 8.45. The van der Waals surface area contributed by atoms with Gasteiger partial charge < -0.3 is 5.32 Å². The molecule has 0 aliphatic carbocycles. The third-order valence-corrected chi connectivity index (χ3v) is 4.65. The van der Waals surface area contributed by atoms with Gasteiger partial charge in [0.25, 0.3) is 0 Å². The second kappa shape index (κ2) is 7.34. The topological polar surface area (TPSA) is 24.9 Å². The van der Waals surface area contributed by atoms with Crippen LogP contribution in [0.2, 0.25) is 0 Å². The molecule has 0 atom stereocenters. The highest BCUT2D eigenvalue weighted by atomic mass is 32.1. The molecule has 2 aromatic carbocycles. The lowest BCUT2D eigenvalue weighted by Crippen LogP contribution is -2.24. The van der Waals surface area contributed by atoms with Crippen LogP contribution in [0.25, 0.3) is 0 Å². The minimum absolute atomic E-state index is 0.225. The van der Waals surface area contributed by atoms with E-state index in [0.717, 1.165) is 18.7 Å². The molecular weight excluding hydrogens is 288 g/mol. The number of benzene rings is 2. The predicted octanol–water partition coefficient (Wildman–Crippen LogP) is 4.37. The third-order valence-electron chi connectivity index (χ3n) is 3.62. The fraction of sp³-hybridized carbons (Fsp3) is 0.211. The van der Waals surface area contributed by atoms with Gasteiger partial charge >= 0.3 is 0 Å². The SMILES string of the molecule is Cc1csc(CCNC(c2ccccc2)c2ccccc2)n1. The van der Waals surface area contributed by atoms with E-state index < -0.39 is 0 Å². The van der Waals surface area contributed by atoms with Gasteiger partial charge in [0.1, 0.15) is 0 Å². The van der Waals surface area contributed by atoms with E-state index in [9.17, 15) is 0 Å². The summed E-state index contributed by atoms with van der Waals surface area (Å²) in [4.78, 5) is 4.53. The van der Waals surface area contributed by atoms with Crippen LogP contribution in [0.15, 0.2) is 66.0 Å². The number of hydrogen-bond donors (Lipinski definition) is 1. The van der Waals surface area contributed by atoms with Gasteiger partial charge in [0.2, 0.25) is 0 Å². The van der Waals surface area contributed by atoms with Gasteiger partial charge in [-0.05, 0) is 18.1 Å². The van der Waals surface area contributed by atoms with Crippen LogP contribution in [-0.4, -0.2) is 11.5 Å². The zero-order chi connectivity index (χ0) is 15.2. The first kappa shape index (κ1) is 14.9. The van der Waals surface area contributed by atoms with E-state index in [0.29, 0.717) is 0 Å². The maximum atomic E-state index is 4.53. The maximum Gasteiger partial charge on any atom is 0.0940 e. The molecule has 0 bridgehead atoms. The molecule has 0 amide bonds. The Morgan fingerprint density at radius 2 is 1.55 bits per heavy atom. The van der Waals surface area contributed by atoms with Crippen molar-refractivity contribution >= 4 is 11.3 Å². The fourth-order valence-electron chi connectivity index (χ4n) is 2.56. The summed E-state index contributed by atoms with van der Waals surface area (Å²) in [6.45, 7) is 2.96. The van der Waals surface area contributed by atoms with E-state index in [1.807, 2.05) is 6.92 Å². The van der Waals surface area contributed by atoms with Crippen molar-refractivity contribution in [2.24, 2.45) is 0 Å².